The average Bonchev–Trinajstić information content (AvgIpc) is 2.49. The molecule has 90 valence electrons. The maximum Gasteiger partial charge on any atom is 0.241 e. The number of aromatic nitrogens is 2. The number of nitrogen functional groups attached to an aromatic ring is 1. The van der Waals surface area contributed by atoms with E-state index < -0.39 is 0 Å². The Morgan fingerprint density at radius 1 is 1.62 bits per heavy atom. The van der Waals surface area contributed by atoms with Crippen LogP contribution in [0.15, 0.2) is 12.4 Å². The minimum Gasteiger partial charge on any atom is -0.396 e. The fourth-order valence-electron chi connectivity index (χ4n) is 1.12. The monoisotopic (exact) mass is 224 g/mol. The number of rotatable bonds is 3. The van der Waals surface area contributed by atoms with Crippen LogP contribution in [0.25, 0.3) is 0 Å². The molecule has 1 amide bonds. The first kappa shape index (κ1) is 12.5. The van der Waals surface area contributed by atoms with Crippen LogP contribution >= 0.6 is 0 Å². The Balaban J connectivity index is 2.48. The van der Waals surface area contributed by atoms with Gasteiger partial charge in [0, 0.05) is 12.2 Å². The number of hydrogen-bond donors (Lipinski definition) is 2. The fraction of sp³-hybridized carbons (Fsp3) is 0.636. The zero-order chi connectivity index (χ0) is 12.3. The second-order valence-corrected chi connectivity index (χ2v) is 5.13. The Labute approximate surface area is 96.0 Å². The Morgan fingerprint density at radius 2 is 2.25 bits per heavy atom. The maximum absolute atomic E-state index is 11.7. The third-order valence-corrected chi connectivity index (χ3v) is 2.64. The van der Waals surface area contributed by atoms with Crippen LogP contribution in [-0.2, 0) is 11.3 Å². The molecule has 0 aliphatic carbocycles. The summed E-state index contributed by atoms with van der Waals surface area (Å²) in [5, 5.41) is 6.89. The van der Waals surface area contributed by atoms with Crippen LogP contribution in [0, 0.1) is 5.41 Å². The quantitative estimate of drug-likeness (QED) is 0.805. The Kier molecular flexibility index (Phi) is 3.57. The molecule has 16 heavy (non-hydrogen) atoms. The van der Waals surface area contributed by atoms with Gasteiger partial charge in [0.2, 0.25) is 5.91 Å². The van der Waals surface area contributed by atoms with Gasteiger partial charge < -0.3 is 11.1 Å². The number of carbonyl (C=O) groups is 1. The van der Waals surface area contributed by atoms with Crippen LogP contribution in [0.5, 0.6) is 0 Å². The van der Waals surface area contributed by atoms with Crippen LogP contribution in [0.4, 0.5) is 5.69 Å². The summed E-state index contributed by atoms with van der Waals surface area (Å²) in [5.41, 5.74) is 6.13. The number of nitrogens with one attached hydrogen (secondary N) is 1. The van der Waals surface area contributed by atoms with Gasteiger partial charge in [0.25, 0.3) is 0 Å². The van der Waals surface area contributed by atoms with E-state index >= 15 is 0 Å². The molecule has 1 unspecified atom stereocenters. The maximum atomic E-state index is 11.7. The van der Waals surface area contributed by atoms with E-state index in [2.05, 4.69) is 31.2 Å². The summed E-state index contributed by atoms with van der Waals surface area (Å²) in [6.07, 6.45) is 3.17. The zero-order valence-corrected chi connectivity index (χ0v) is 10.3. The minimum atomic E-state index is -0.0504. The largest absolute Gasteiger partial charge is 0.396 e. The highest BCUT2D eigenvalue weighted by molar-refractivity contribution is 5.76. The molecule has 0 radical (unpaired) electrons. The highest BCUT2D eigenvalue weighted by atomic mass is 16.2. The summed E-state index contributed by atoms with van der Waals surface area (Å²) in [6.45, 7) is 8.46. The van der Waals surface area contributed by atoms with E-state index in [0.717, 1.165) is 0 Å². The topological polar surface area (TPSA) is 72.9 Å². The minimum absolute atomic E-state index is 0.0504. The van der Waals surface area contributed by atoms with Gasteiger partial charge in [-0.05, 0) is 12.3 Å². The number of nitrogens with two attached hydrogens (primary N) is 1. The van der Waals surface area contributed by atoms with Crippen molar-refractivity contribution in [3.63, 3.8) is 0 Å². The SMILES string of the molecule is CC(NC(=O)Cn1cc(N)cn1)C(C)(C)C. The molecular weight excluding hydrogens is 204 g/mol. The second-order valence-electron chi connectivity index (χ2n) is 5.13. The highest BCUT2D eigenvalue weighted by Crippen LogP contribution is 2.18. The van der Waals surface area contributed by atoms with E-state index in [9.17, 15) is 4.79 Å². The van der Waals surface area contributed by atoms with Crippen molar-refractivity contribution in [2.24, 2.45) is 5.41 Å². The van der Waals surface area contributed by atoms with E-state index in [1.807, 2.05) is 6.92 Å². The molecule has 3 N–H and O–H groups in total. The van der Waals surface area contributed by atoms with Crippen molar-refractivity contribution in [1.29, 1.82) is 0 Å². The standard InChI is InChI=1S/C11H20N4O/c1-8(11(2,3)4)14-10(16)7-15-6-9(12)5-13-15/h5-6,8H,7,12H2,1-4H3,(H,14,16). The predicted octanol–water partition coefficient (Wildman–Crippen LogP) is 1.02. The van der Waals surface area contributed by atoms with Gasteiger partial charge in [-0.15, -0.1) is 0 Å². The van der Waals surface area contributed by atoms with Crippen molar-refractivity contribution in [3.05, 3.63) is 12.4 Å². The van der Waals surface area contributed by atoms with Crippen LogP contribution in [0.3, 0.4) is 0 Å². The first-order chi connectivity index (χ1) is 7.29. The Hall–Kier alpha value is -1.52. The van der Waals surface area contributed by atoms with E-state index in [-0.39, 0.29) is 23.9 Å². The van der Waals surface area contributed by atoms with Crippen LogP contribution in [0.2, 0.25) is 0 Å². The lowest BCUT2D eigenvalue weighted by atomic mass is 9.88. The molecule has 0 fully saturated rings. The number of anilines is 1. The molecule has 0 aliphatic heterocycles. The molecule has 1 atom stereocenters. The molecule has 1 aromatic heterocycles. The lowest BCUT2D eigenvalue weighted by molar-refractivity contribution is -0.123. The fourth-order valence-corrected chi connectivity index (χ4v) is 1.12. The number of carbonyl (C=O) groups excluding carboxylic acids is 1. The van der Waals surface area contributed by atoms with Crippen molar-refractivity contribution < 1.29 is 4.79 Å². The summed E-state index contributed by atoms with van der Waals surface area (Å²) in [4.78, 5) is 11.7. The molecule has 0 spiro atoms. The summed E-state index contributed by atoms with van der Waals surface area (Å²) >= 11 is 0. The molecule has 0 saturated heterocycles. The molecular formula is C11H20N4O. The first-order valence-electron chi connectivity index (χ1n) is 5.36. The lowest BCUT2D eigenvalue weighted by Gasteiger charge is -2.28. The van der Waals surface area contributed by atoms with Crippen molar-refractivity contribution in [2.75, 3.05) is 5.73 Å². The van der Waals surface area contributed by atoms with Crippen molar-refractivity contribution in [2.45, 2.75) is 40.3 Å². The molecule has 0 aliphatic rings. The number of hydrogen-bond acceptors (Lipinski definition) is 3. The molecule has 5 nitrogen and oxygen atoms in total. The van der Waals surface area contributed by atoms with Crippen LogP contribution < -0.4 is 11.1 Å². The van der Waals surface area contributed by atoms with Crippen molar-refractivity contribution >= 4 is 11.6 Å². The smallest absolute Gasteiger partial charge is 0.241 e. The van der Waals surface area contributed by atoms with Gasteiger partial charge in [-0.1, -0.05) is 20.8 Å². The summed E-state index contributed by atoms with van der Waals surface area (Å²) in [7, 11) is 0. The average molecular weight is 224 g/mol. The second kappa shape index (κ2) is 4.55. The zero-order valence-electron chi connectivity index (χ0n) is 10.3. The number of amides is 1. The number of nitrogens with zero attached hydrogens (tertiary/aromatic N) is 2. The molecule has 0 bridgehead atoms. The van der Waals surface area contributed by atoms with E-state index in [4.69, 9.17) is 5.73 Å². The Bertz CT molecular complexity index is 364. The molecule has 0 aromatic carbocycles. The molecule has 0 saturated carbocycles. The molecule has 1 aromatic rings. The molecule has 1 heterocycles. The van der Waals surface area contributed by atoms with Crippen molar-refractivity contribution in [3.8, 4) is 0 Å². The van der Waals surface area contributed by atoms with Gasteiger partial charge in [0.15, 0.2) is 0 Å². The van der Waals surface area contributed by atoms with Gasteiger partial charge in [0.05, 0.1) is 11.9 Å². The third-order valence-electron chi connectivity index (χ3n) is 2.64. The normalized spacial score (nSPS) is 13.5. The Morgan fingerprint density at radius 3 is 2.69 bits per heavy atom. The third kappa shape index (κ3) is 3.56. The van der Waals surface area contributed by atoms with Crippen LogP contribution in [0.1, 0.15) is 27.7 Å². The van der Waals surface area contributed by atoms with Gasteiger partial charge in [0.1, 0.15) is 6.54 Å². The van der Waals surface area contributed by atoms with Crippen molar-refractivity contribution in [1.82, 2.24) is 15.1 Å². The van der Waals surface area contributed by atoms with Gasteiger partial charge in [-0.2, -0.15) is 5.10 Å². The van der Waals surface area contributed by atoms with Crippen LogP contribution in [-0.4, -0.2) is 21.7 Å². The first-order valence-corrected chi connectivity index (χ1v) is 5.36. The summed E-state index contributed by atoms with van der Waals surface area (Å²) in [6, 6.07) is 0.118. The van der Waals surface area contributed by atoms with E-state index in [1.54, 1.807) is 6.20 Å². The molecule has 1 rings (SSSR count). The summed E-state index contributed by atoms with van der Waals surface area (Å²) in [5.74, 6) is -0.0504. The van der Waals surface area contributed by atoms with E-state index in [0.29, 0.717) is 5.69 Å². The summed E-state index contributed by atoms with van der Waals surface area (Å²) < 4.78 is 1.53. The molecule has 5 heteroatoms. The predicted molar refractivity (Wildman–Crippen MR) is 63.7 cm³/mol. The van der Waals surface area contributed by atoms with Gasteiger partial charge in [-0.25, -0.2) is 0 Å². The lowest BCUT2D eigenvalue weighted by Crippen LogP contribution is -2.42. The van der Waals surface area contributed by atoms with Gasteiger partial charge in [-0.3, -0.25) is 9.48 Å². The van der Waals surface area contributed by atoms with Gasteiger partial charge >= 0.3 is 0 Å². The van der Waals surface area contributed by atoms with E-state index in [1.165, 1.54) is 10.9 Å². The highest BCUT2D eigenvalue weighted by Gasteiger charge is 2.21.